The summed E-state index contributed by atoms with van der Waals surface area (Å²) in [5.41, 5.74) is 5.59. The van der Waals surface area contributed by atoms with Crippen molar-refractivity contribution in [3.63, 3.8) is 0 Å². The Morgan fingerprint density at radius 1 is 1.50 bits per heavy atom. The first-order valence-corrected chi connectivity index (χ1v) is 3.73. The predicted molar refractivity (Wildman–Crippen MR) is 45.1 cm³/mol. The highest BCUT2D eigenvalue weighted by molar-refractivity contribution is 5.77. The van der Waals surface area contributed by atoms with E-state index in [1.165, 1.54) is 0 Å². The van der Waals surface area contributed by atoms with Crippen molar-refractivity contribution in [2.75, 3.05) is 20.1 Å². The quantitative estimate of drug-likeness (QED) is 0.466. The third kappa shape index (κ3) is 3.33. The van der Waals surface area contributed by atoms with Crippen molar-refractivity contribution in [3.8, 4) is 0 Å². The summed E-state index contributed by atoms with van der Waals surface area (Å²) in [5, 5.41) is 0. The van der Waals surface area contributed by atoms with Gasteiger partial charge in [0.2, 0.25) is 0 Å². The van der Waals surface area contributed by atoms with Crippen LogP contribution >= 0.6 is 0 Å². The van der Waals surface area contributed by atoms with Crippen LogP contribution in [-0.4, -0.2) is 31.0 Å². The summed E-state index contributed by atoms with van der Waals surface area (Å²) in [5.74, 6) is 0.643. The van der Waals surface area contributed by atoms with E-state index in [0.29, 0.717) is 5.96 Å². The van der Waals surface area contributed by atoms with Crippen molar-refractivity contribution in [1.82, 2.24) is 4.90 Å². The number of guanidine groups is 1. The SMILES string of the molecule is CCC/N=C(/N)N(C)CC. The Labute approximate surface area is 62.9 Å². The standard InChI is InChI=1S/C7H17N3/c1-4-6-9-7(8)10(3)5-2/h4-6H2,1-3H3,(H2,8,9). The van der Waals surface area contributed by atoms with E-state index >= 15 is 0 Å². The Morgan fingerprint density at radius 3 is 2.50 bits per heavy atom. The van der Waals surface area contributed by atoms with Crippen molar-refractivity contribution >= 4 is 5.96 Å². The highest BCUT2D eigenvalue weighted by Gasteiger charge is 1.94. The molecule has 10 heavy (non-hydrogen) atoms. The van der Waals surface area contributed by atoms with Gasteiger partial charge in [-0.05, 0) is 13.3 Å². The summed E-state index contributed by atoms with van der Waals surface area (Å²) < 4.78 is 0. The molecule has 0 rings (SSSR count). The molecule has 0 aliphatic heterocycles. The van der Waals surface area contributed by atoms with Crippen LogP contribution in [0.1, 0.15) is 20.3 Å². The molecular formula is C7H17N3. The summed E-state index contributed by atoms with van der Waals surface area (Å²) in [6.45, 7) is 5.88. The average Bonchev–Trinajstić information content (AvgIpc) is 1.98. The Hall–Kier alpha value is -0.730. The Balaban J connectivity index is 3.67. The van der Waals surface area contributed by atoms with E-state index in [1.54, 1.807) is 0 Å². The molecule has 0 amide bonds. The largest absolute Gasteiger partial charge is 0.370 e. The van der Waals surface area contributed by atoms with Crippen molar-refractivity contribution in [2.45, 2.75) is 20.3 Å². The molecule has 0 saturated heterocycles. The van der Waals surface area contributed by atoms with E-state index in [4.69, 9.17) is 5.73 Å². The molecule has 2 N–H and O–H groups in total. The van der Waals surface area contributed by atoms with Gasteiger partial charge in [-0.2, -0.15) is 0 Å². The van der Waals surface area contributed by atoms with Crippen molar-refractivity contribution in [2.24, 2.45) is 10.7 Å². The van der Waals surface area contributed by atoms with Crippen LogP contribution in [0.3, 0.4) is 0 Å². The van der Waals surface area contributed by atoms with Gasteiger partial charge in [-0.15, -0.1) is 0 Å². The highest BCUT2D eigenvalue weighted by Crippen LogP contribution is 1.83. The Kier molecular flexibility index (Phi) is 4.72. The number of hydrogen-bond acceptors (Lipinski definition) is 1. The molecule has 3 heteroatoms. The third-order valence-corrected chi connectivity index (χ3v) is 1.36. The zero-order chi connectivity index (χ0) is 7.98. The van der Waals surface area contributed by atoms with Gasteiger partial charge < -0.3 is 10.6 Å². The van der Waals surface area contributed by atoms with E-state index < -0.39 is 0 Å². The second-order valence-corrected chi connectivity index (χ2v) is 2.25. The molecule has 0 saturated carbocycles. The lowest BCUT2D eigenvalue weighted by molar-refractivity contribution is 0.526. The van der Waals surface area contributed by atoms with Crippen LogP contribution in [0.2, 0.25) is 0 Å². The molecular weight excluding hydrogens is 126 g/mol. The fourth-order valence-electron chi connectivity index (χ4n) is 0.509. The number of nitrogens with two attached hydrogens (primary N) is 1. The fourth-order valence-corrected chi connectivity index (χ4v) is 0.509. The van der Waals surface area contributed by atoms with E-state index in [1.807, 2.05) is 18.9 Å². The van der Waals surface area contributed by atoms with Gasteiger partial charge in [0.25, 0.3) is 0 Å². The van der Waals surface area contributed by atoms with Crippen LogP contribution < -0.4 is 5.73 Å². The van der Waals surface area contributed by atoms with Crippen LogP contribution in [-0.2, 0) is 0 Å². The van der Waals surface area contributed by atoms with Gasteiger partial charge in [-0.1, -0.05) is 6.92 Å². The zero-order valence-electron chi connectivity index (χ0n) is 7.09. The van der Waals surface area contributed by atoms with Gasteiger partial charge >= 0.3 is 0 Å². The average molecular weight is 143 g/mol. The minimum absolute atomic E-state index is 0.643. The topological polar surface area (TPSA) is 41.6 Å². The minimum atomic E-state index is 0.643. The van der Waals surface area contributed by atoms with E-state index in [0.717, 1.165) is 19.5 Å². The molecule has 0 aliphatic carbocycles. The van der Waals surface area contributed by atoms with E-state index in [-0.39, 0.29) is 0 Å². The Bertz CT molecular complexity index is 109. The van der Waals surface area contributed by atoms with Crippen LogP contribution in [0.4, 0.5) is 0 Å². The molecule has 60 valence electrons. The molecule has 0 bridgehead atoms. The second-order valence-electron chi connectivity index (χ2n) is 2.25. The normalized spacial score (nSPS) is 11.7. The smallest absolute Gasteiger partial charge is 0.190 e. The Morgan fingerprint density at radius 2 is 2.10 bits per heavy atom. The minimum Gasteiger partial charge on any atom is -0.370 e. The number of rotatable bonds is 3. The maximum atomic E-state index is 5.59. The number of aliphatic imine (C=N–C) groups is 1. The number of nitrogens with zero attached hydrogens (tertiary/aromatic N) is 2. The lowest BCUT2D eigenvalue weighted by Crippen LogP contribution is -2.33. The summed E-state index contributed by atoms with van der Waals surface area (Å²) in [6, 6.07) is 0. The molecule has 0 aliphatic rings. The second kappa shape index (κ2) is 5.09. The van der Waals surface area contributed by atoms with Gasteiger partial charge in [-0.25, -0.2) is 0 Å². The van der Waals surface area contributed by atoms with Crippen LogP contribution in [0.25, 0.3) is 0 Å². The fraction of sp³-hybridized carbons (Fsp3) is 0.857. The first-order chi connectivity index (χ1) is 4.72. The maximum absolute atomic E-state index is 5.59. The molecule has 0 heterocycles. The first kappa shape index (κ1) is 9.27. The molecule has 0 aromatic rings. The first-order valence-electron chi connectivity index (χ1n) is 3.73. The summed E-state index contributed by atoms with van der Waals surface area (Å²) >= 11 is 0. The molecule has 3 nitrogen and oxygen atoms in total. The molecule has 0 fully saturated rings. The molecule has 0 unspecified atom stereocenters. The van der Waals surface area contributed by atoms with E-state index in [2.05, 4.69) is 11.9 Å². The van der Waals surface area contributed by atoms with Crippen LogP contribution in [0, 0.1) is 0 Å². The molecule has 0 aromatic carbocycles. The lowest BCUT2D eigenvalue weighted by atomic mass is 10.5. The zero-order valence-corrected chi connectivity index (χ0v) is 7.09. The van der Waals surface area contributed by atoms with Crippen LogP contribution in [0.15, 0.2) is 4.99 Å². The van der Waals surface area contributed by atoms with Gasteiger partial charge in [0.15, 0.2) is 5.96 Å². The predicted octanol–water partition coefficient (Wildman–Crippen LogP) is 0.663. The van der Waals surface area contributed by atoms with Gasteiger partial charge in [-0.3, -0.25) is 4.99 Å². The summed E-state index contributed by atoms with van der Waals surface area (Å²) in [4.78, 5) is 6.06. The molecule has 0 aromatic heterocycles. The third-order valence-electron chi connectivity index (χ3n) is 1.36. The molecule has 0 spiro atoms. The molecule has 0 atom stereocenters. The van der Waals surface area contributed by atoms with Crippen LogP contribution in [0.5, 0.6) is 0 Å². The van der Waals surface area contributed by atoms with Gasteiger partial charge in [0, 0.05) is 20.1 Å². The van der Waals surface area contributed by atoms with Crippen molar-refractivity contribution < 1.29 is 0 Å². The summed E-state index contributed by atoms with van der Waals surface area (Å²) in [7, 11) is 1.94. The van der Waals surface area contributed by atoms with Gasteiger partial charge in [0.05, 0.1) is 0 Å². The molecule has 0 radical (unpaired) electrons. The number of hydrogen-bond donors (Lipinski definition) is 1. The van der Waals surface area contributed by atoms with Crippen molar-refractivity contribution in [1.29, 1.82) is 0 Å². The van der Waals surface area contributed by atoms with Crippen molar-refractivity contribution in [3.05, 3.63) is 0 Å². The van der Waals surface area contributed by atoms with E-state index in [9.17, 15) is 0 Å². The maximum Gasteiger partial charge on any atom is 0.190 e. The monoisotopic (exact) mass is 143 g/mol. The summed E-state index contributed by atoms with van der Waals surface area (Å²) in [6.07, 6.45) is 1.05. The highest BCUT2D eigenvalue weighted by atomic mass is 15.2. The van der Waals surface area contributed by atoms with Gasteiger partial charge in [0.1, 0.15) is 0 Å². The lowest BCUT2D eigenvalue weighted by Gasteiger charge is -2.14.